The van der Waals surface area contributed by atoms with E-state index >= 15 is 0 Å². The Labute approximate surface area is 196 Å². The quantitative estimate of drug-likeness (QED) is 0.357. The summed E-state index contributed by atoms with van der Waals surface area (Å²) in [5.41, 5.74) is 6.56. The van der Waals surface area contributed by atoms with Crippen LogP contribution in [0.3, 0.4) is 0 Å². The zero-order chi connectivity index (χ0) is 21.9. The molecule has 158 valence electrons. The second-order valence-corrected chi connectivity index (χ2v) is 10.2. The van der Waals surface area contributed by atoms with Crippen molar-refractivity contribution in [1.82, 2.24) is 4.98 Å². The number of nitrogens with one attached hydrogen (secondary N) is 1. The number of nitrogens with zero attached hydrogens (tertiary/aromatic N) is 1. The highest BCUT2D eigenvalue weighted by molar-refractivity contribution is 7.14. The normalized spacial score (nSPS) is 22.8. The topological polar surface area (TPSA) is 42.0 Å². The lowest BCUT2D eigenvalue weighted by atomic mass is 9.52. The molecule has 0 unspecified atom stereocenters. The summed E-state index contributed by atoms with van der Waals surface area (Å²) in [6.07, 6.45) is 0.799. The van der Waals surface area contributed by atoms with Crippen LogP contribution in [0.2, 0.25) is 5.02 Å². The monoisotopic (exact) mass is 456 g/mol. The van der Waals surface area contributed by atoms with Crippen LogP contribution in [0.1, 0.15) is 47.4 Å². The van der Waals surface area contributed by atoms with Gasteiger partial charge in [0, 0.05) is 27.8 Å². The Morgan fingerprint density at radius 2 is 1.56 bits per heavy atom. The first kappa shape index (κ1) is 19.7. The van der Waals surface area contributed by atoms with Gasteiger partial charge in [-0.3, -0.25) is 4.79 Å². The van der Waals surface area contributed by atoms with Gasteiger partial charge in [-0.1, -0.05) is 72.3 Å². The molecule has 0 aliphatic heterocycles. The number of hydrogen-bond acceptors (Lipinski definition) is 3. The first-order chi connectivity index (χ1) is 15.5. The van der Waals surface area contributed by atoms with Gasteiger partial charge in [-0.2, -0.15) is 0 Å². The highest BCUT2D eigenvalue weighted by atomic mass is 35.5. The first-order valence-electron chi connectivity index (χ1n) is 10.8. The van der Waals surface area contributed by atoms with Crippen molar-refractivity contribution in [1.29, 1.82) is 0 Å². The van der Waals surface area contributed by atoms with E-state index in [1.165, 1.54) is 33.6 Å². The molecule has 3 aromatic carbocycles. The fourth-order valence-electron chi connectivity index (χ4n) is 5.51. The number of carbonyl (C=O) groups excluding carboxylic acids is 1. The lowest BCUT2D eigenvalue weighted by Crippen LogP contribution is -2.47. The number of halogens is 1. The van der Waals surface area contributed by atoms with Crippen molar-refractivity contribution in [3.8, 4) is 11.3 Å². The SMILES string of the molecule is C[C@@]1(C(=O)Nc2nc(-c3ccc(Cl)cc3)cs2)CC2c3ccccc3C1c1ccccc12. The fourth-order valence-corrected chi connectivity index (χ4v) is 6.35. The molecule has 2 bridgehead atoms. The standard InChI is InChI=1S/C27H21ClN2OS/c1-27(25(31)30-26-29-23(15-32-26)16-10-12-17(28)13-11-16)14-22-18-6-2-4-8-20(18)24(27)21-9-5-3-7-19(21)22/h2-13,15,22,24H,14H2,1H3,(H,29,30,31)/t22?,24?,27-/m1/s1. The number of aromatic nitrogens is 1. The Balaban J connectivity index is 1.34. The third-order valence-corrected chi connectivity index (χ3v) is 8.02. The van der Waals surface area contributed by atoms with E-state index in [0.717, 1.165) is 17.7 Å². The molecule has 0 radical (unpaired) electrons. The van der Waals surface area contributed by atoms with E-state index in [-0.39, 0.29) is 17.7 Å². The number of rotatable bonds is 3. The van der Waals surface area contributed by atoms with Crippen molar-refractivity contribution in [2.24, 2.45) is 5.41 Å². The molecular formula is C27H21ClN2OS. The number of hydrogen-bond donors (Lipinski definition) is 1. The average molecular weight is 457 g/mol. The van der Waals surface area contributed by atoms with Crippen LogP contribution in [0.15, 0.2) is 78.2 Å². The van der Waals surface area contributed by atoms with E-state index in [0.29, 0.717) is 10.2 Å². The van der Waals surface area contributed by atoms with Gasteiger partial charge in [0.15, 0.2) is 5.13 Å². The Bertz CT molecular complexity index is 1300. The average Bonchev–Trinajstić information content (AvgIpc) is 3.28. The summed E-state index contributed by atoms with van der Waals surface area (Å²) in [6.45, 7) is 2.11. The number of thiazole rings is 1. The van der Waals surface area contributed by atoms with E-state index in [2.05, 4.69) is 65.8 Å². The smallest absolute Gasteiger partial charge is 0.233 e. The molecule has 0 fully saturated rings. The van der Waals surface area contributed by atoms with Gasteiger partial charge in [-0.05, 0) is 47.7 Å². The largest absolute Gasteiger partial charge is 0.301 e. The van der Waals surface area contributed by atoms with E-state index in [4.69, 9.17) is 11.6 Å². The summed E-state index contributed by atoms with van der Waals surface area (Å²) in [6, 6.07) is 24.8. The molecule has 0 saturated carbocycles. The summed E-state index contributed by atoms with van der Waals surface area (Å²) >= 11 is 7.46. The van der Waals surface area contributed by atoms with Crippen molar-refractivity contribution < 1.29 is 4.79 Å². The first-order valence-corrected chi connectivity index (χ1v) is 12.0. The second-order valence-electron chi connectivity index (χ2n) is 8.86. The van der Waals surface area contributed by atoms with Crippen LogP contribution in [0.5, 0.6) is 0 Å². The Morgan fingerprint density at radius 3 is 2.19 bits per heavy atom. The van der Waals surface area contributed by atoms with E-state index in [1.807, 2.05) is 29.6 Å². The molecule has 7 rings (SSSR count). The zero-order valence-electron chi connectivity index (χ0n) is 17.5. The molecule has 4 aromatic rings. The van der Waals surface area contributed by atoms with Crippen LogP contribution < -0.4 is 5.32 Å². The third kappa shape index (κ3) is 2.94. The number of benzene rings is 3. The van der Waals surface area contributed by atoms with Gasteiger partial charge in [0.2, 0.25) is 5.91 Å². The fraction of sp³-hybridized carbons (Fsp3) is 0.185. The maximum atomic E-state index is 13.7. The van der Waals surface area contributed by atoms with Crippen LogP contribution in [0.4, 0.5) is 5.13 Å². The van der Waals surface area contributed by atoms with Crippen molar-refractivity contribution in [2.75, 3.05) is 5.32 Å². The van der Waals surface area contributed by atoms with Gasteiger partial charge in [-0.25, -0.2) is 4.98 Å². The molecule has 0 saturated heterocycles. The minimum absolute atomic E-state index is 0.0357. The molecule has 3 nitrogen and oxygen atoms in total. The Morgan fingerprint density at radius 1 is 0.969 bits per heavy atom. The van der Waals surface area contributed by atoms with Crippen LogP contribution >= 0.6 is 22.9 Å². The molecule has 1 heterocycles. The summed E-state index contributed by atoms with van der Waals surface area (Å²) < 4.78 is 0. The molecule has 3 aliphatic carbocycles. The van der Waals surface area contributed by atoms with E-state index < -0.39 is 5.41 Å². The minimum atomic E-state index is -0.542. The lowest BCUT2D eigenvalue weighted by molar-refractivity contribution is -0.126. The molecular weight excluding hydrogens is 436 g/mol. The number of anilines is 1. The summed E-state index contributed by atoms with van der Waals surface area (Å²) in [5, 5.41) is 6.44. The predicted molar refractivity (Wildman–Crippen MR) is 130 cm³/mol. The van der Waals surface area contributed by atoms with Crippen molar-refractivity contribution in [2.45, 2.75) is 25.2 Å². The number of carbonyl (C=O) groups is 1. The lowest BCUT2D eigenvalue weighted by Gasteiger charge is -2.50. The van der Waals surface area contributed by atoms with Gasteiger partial charge in [0.05, 0.1) is 11.1 Å². The molecule has 1 amide bonds. The molecule has 1 N–H and O–H groups in total. The molecule has 5 heteroatoms. The van der Waals surface area contributed by atoms with Crippen molar-refractivity contribution in [3.63, 3.8) is 0 Å². The van der Waals surface area contributed by atoms with Crippen LogP contribution in [-0.4, -0.2) is 10.9 Å². The summed E-state index contributed by atoms with van der Waals surface area (Å²) in [7, 11) is 0. The van der Waals surface area contributed by atoms with Crippen LogP contribution in [0.25, 0.3) is 11.3 Å². The molecule has 3 aliphatic rings. The van der Waals surface area contributed by atoms with Crippen LogP contribution in [-0.2, 0) is 4.79 Å². The molecule has 0 spiro atoms. The number of amides is 1. The van der Waals surface area contributed by atoms with Crippen LogP contribution in [0, 0.1) is 5.41 Å². The highest BCUT2D eigenvalue weighted by Crippen LogP contribution is 2.61. The zero-order valence-corrected chi connectivity index (χ0v) is 19.1. The van der Waals surface area contributed by atoms with Gasteiger partial charge < -0.3 is 5.32 Å². The highest BCUT2D eigenvalue weighted by Gasteiger charge is 2.53. The minimum Gasteiger partial charge on any atom is -0.301 e. The van der Waals surface area contributed by atoms with Gasteiger partial charge in [0.25, 0.3) is 0 Å². The molecule has 1 atom stereocenters. The van der Waals surface area contributed by atoms with Gasteiger partial charge >= 0.3 is 0 Å². The predicted octanol–water partition coefficient (Wildman–Crippen LogP) is 7.09. The van der Waals surface area contributed by atoms with Gasteiger partial charge in [-0.15, -0.1) is 11.3 Å². The summed E-state index contributed by atoms with van der Waals surface area (Å²) in [5.74, 6) is 0.313. The maximum Gasteiger partial charge on any atom is 0.233 e. The van der Waals surface area contributed by atoms with Crippen molar-refractivity contribution >= 4 is 34.0 Å². The summed E-state index contributed by atoms with van der Waals surface area (Å²) in [4.78, 5) is 18.4. The third-order valence-electron chi connectivity index (χ3n) is 7.01. The molecule has 1 aromatic heterocycles. The molecule has 32 heavy (non-hydrogen) atoms. The van der Waals surface area contributed by atoms with E-state index in [1.54, 1.807) is 0 Å². The maximum absolute atomic E-state index is 13.7. The Kier molecular flexibility index (Phi) is 4.49. The van der Waals surface area contributed by atoms with Crippen molar-refractivity contribution in [3.05, 3.63) is 105 Å². The number of fused-ring (bicyclic) bond motifs is 1. The van der Waals surface area contributed by atoms with E-state index in [9.17, 15) is 4.79 Å². The van der Waals surface area contributed by atoms with Gasteiger partial charge in [0.1, 0.15) is 0 Å². The second kappa shape index (κ2) is 7.29. The Hall–Kier alpha value is -2.95.